The summed E-state index contributed by atoms with van der Waals surface area (Å²) in [4.78, 5) is 13.1. The second kappa shape index (κ2) is 6.75. The monoisotopic (exact) mass is 344 g/mol. The quantitative estimate of drug-likeness (QED) is 0.850. The molecule has 5 heteroatoms. The summed E-state index contributed by atoms with van der Waals surface area (Å²) in [6.07, 6.45) is 3.48. The molecule has 1 saturated carbocycles. The van der Waals surface area contributed by atoms with Crippen molar-refractivity contribution < 1.29 is 4.79 Å². The normalized spacial score (nSPS) is 27.0. The standard InChI is InChI=1S/C14H21BrN2OS/c1-9-5-10(2)7-11(6-9)17-14(18)16-8-13-12(15)3-4-19-13/h3-4,9-11H,5-8H2,1-2H3,(H2,16,17,18). The minimum Gasteiger partial charge on any atom is -0.335 e. The van der Waals surface area contributed by atoms with Gasteiger partial charge in [-0.1, -0.05) is 13.8 Å². The van der Waals surface area contributed by atoms with Gasteiger partial charge in [0, 0.05) is 15.4 Å². The molecule has 0 spiro atoms. The van der Waals surface area contributed by atoms with E-state index in [9.17, 15) is 4.79 Å². The first-order valence-electron chi connectivity index (χ1n) is 6.80. The van der Waals surface area contributed by atoms with E-state index in [1.807, 2.05) is 11.4 Å². The number of urea groups is 1. The van der Waals surface area contributed by atoms with Crippen LogP contribution < -0.4 is 10.6 Å². The van der Waals surface area contributed by atoms with Crippen LogP contribution in [0.15, 0.2) is 15.9 Å². The summed E-state index contributed by atoms with van der Waals surface area (Å²) in [6.45, 7) is 5.12. The highest BCUT2D eigenvalue weighted by atomic mass is 79.9. The van der Waals surface area contributed by atoms with Crippen LogP contribution in [0.4, 0.5) is 4.79 Å². The van der Waals surface area contributed by atoms with Crippen LogP contribution in [0.1, 0.15) is 38.0 Å². The number of hydrogen-bond acceptors (Lipinski definition) is 2. The van der Waals surface area contributed by atoms with Crippen molar-refractivity contribution in [2.45, 2.75) is 45.7 Å². The lowest BCUT2D eigenvalue weighted by molar-refractivity contribution is 0.213. The van der Waals surface area contributed by atoms with E-state index in [-0.39, 0.29) is 6.03 Å². The molecule has 1 heterocycles. The molecule has 2 rings (SSSR count). The van der Waals surface area contributed by atoms with Crippen LogP contribution in [0.5, 0.6) is 0 Å². The number of carbonyl (C=O) groups excluding carboxylic acids is 1. The molecule has 1 aliphatic rings. The second-order valence-corrected chi connectivity index (χ2v) is 7.49. The molecule has 2 N–H and O–H groups in total. The first-order chi connectivity index (χ1) is 9.04. The summed E-state index contributed by atoms with van der Waals surface area (Å²) in [5, 5.41) is 8.05. The average molecular weight is 345 g/mol. The Morgan fingerprint density at radius 3 is 2.63 bits per heavy atom. The van der Waals surface area contributed by atoms with Gasteiger partial charge >= 0.3 is 6.03 Å². The van der Waals surface area contributed by atoms with Crippen molar-refractivity contribution in [2.75, 3.05) is 0 Å². The van der Waals surface area contributed by atoms with Crippen molar-refractivity contribution in [2.24, 2.45) is 11.8 Å². The van der Waals surface area contributed by atoms with Gasteiger partial charge in [-0.3, -0.25) is 0 Å². The van der Waals surface area contributed by atoms with Crippen molar-refractivity contribution in [3.8, 4) is 0 Å². The number of rotatable bonds is 3. The van der Waals surface area contributed by atoms with E-state index < -0.39 is 0 Å². The van der Waals surface area contributed by atoms with Crippen LogP contribution in [0.2, 0.25) is 0 Å². The fourth-order valence-corrected chi connectivity index (χ4v) is 4.35. The topological polar surface area (TPSA) is 41.1 Å². The van der Waals surface area contributed by atoms with Gasteiger partial charge < -0.3 is 10.6 Å². The predicted octanol–water partition coefficient (Wildman–Crippen LogP) is 4.13. The van der Waals surface area contributed by atoms with Gasteiger partial charge in [0.25, 0.3) is 0 Å². The fourth-order valence-electron chi connectivity index (χ4n) is 2.91. The molecule has 3 nitrogen and oxygen atoms in total. The van der Waals surface area contributed by atoms with Gasteiger partial charge in [0.1, 0.15) is 0 Å². The highest BCUT2D eigenvalue weighted by Gasteiger charge is 2.24. The molecule has 0 aliphatic heterocycles. The van der Waals surface area contributed by atoms with Gasteiger partial charge in [0.05, 0.1) is 6.54 Å². The van der Waals surface area contributed by atoms with Crippen LogP contribution in [-0.2, 0) is 6.54 Å². The first kappa shape index (κ1) is 14.9. The Kier molecular flexibility index (Phi) is 5.28. The molecule has 0 radical (unpaired) electrons. The number of nitrogens with one attached hydrogen (secondary N) is 2. The molecule has 0 aromatic carbocycles. The molecule has 0 saturated heterocycles. The van der Waals surface area contributed by atoms with Gasteiger partial charge in [0.2, 0.25) is 0 Å². The third-order valence-electron chi connectivity index (χ3n) is 3.61. The summed E-state index contributed by atoms with van der Waals surface area (Å²) in [5.74, 6) is 1.42. The summed E-state index contributed by atoms with van der Waals surface area (Å²) < 4.78 is 1.07. The number of hydrogen-bond donors (Lipinski definition) is 2. The summed E-state index contributed by atoms with van der Waals surface area (Å²) in [5.41, 5.74) is 0. The first-order valence-corrected chi connectivity index (χ1v) is 8.48. The third kappa shape index (κ3) is 4.49. The molecule has 19 heavy (non-hydrogen) atoms. The molecular formula is C14H21BrN2OS. The van der Waals surface area contributed by atoms with Gasteiger partial charge in [-0.2, -0.15) is 0 Å². The maximum Gasteiger partial charge on any atom is 0.315 e. The smallest absolute Gasteiger partial charge is 0.315 e. The Labute approximate surface area is 127 Å². The van der Waals surface area contributed by atoms with Crippen molar-refractivity contribution in [1.82, 2.24) is 10.6 Å². The molecule has 1 aromatic heterocycles. The van der Waals surface area contributed by atoms with Gasteiger partial charge in [-0.25, -0.2) is 4.79 Å². The average Bonchev–Trinajstić information content (AvgIpc) is 2.71. The van der Waals surface area contributed by atoms with Crippen LogP contribution in [0.25, 0.3) is 0 Å². The number of halogens is 1. The molecular weight excluding hydrogens is 324 g/mol. The summed E-state index contributed by atoms with van der Waals surface area (Å²) >= 11 is 5.12. The Bertz CT molecular complexity index is 425. The minimum atomic E-state index is -0.0494. The lowest BCUT2D eigenvalue weighted by Gasteiger charge is -2.31. The van der Waals surface area contributed by atoms with Gasteiger partial charge in [0.15, 0.2) is 0 Å². The van der Waals surface area contributed by atoms with E-state index in [2.05, 4.69) is 40.4 Å². The molecule has 2 atom stereocenters. The third-order valence-corrected chi connectivity index (χ3v) is 5.54. The SMILES string of the molecule is CC1CC(C)CC(NC(=O)NCc2sccc2Br)C1. The van der Waals surface area contributed by atoms with Crippen LogP contribution >= 0.6 is 27.3 Å². The molecule has 106 valence electrons. The summed E-state index contributed by atoms with van der Waals surface area (Å²) in [7, 11) is 0. The number of thiophene rings is 1. The molecule has 2 unspecified atom stereocenters. The van der Waals surface area contributed by atoms with E-state index in [0.717, 1.165) is 22.2 Å². The van der Waals surface area contributed by atoms with Crippen molar-refractivity contribution >= 4 is 33.3 Å². The number of carbonyl (C=O) groups is 1. The Morgan fingerprint density at radius 1 is 1.37 bits per heavy atom. The molecule has 1 fully saturated rings. The number of amides is 2. The van der Waals surface area contributed by atoms with Crippen LogP contribution in [0, 0.1) is 11.8 Å². The van der Waals surface area contributed by atoms with E-state index in [4.69, 9.17) is 0 Å². The maximum absolute atomic E-state index is 11.9. The van der Waals surface area contributed by atoms with Gasteiger partial charge in [-0.05, 0) is 58.5 Å². The van der Waals surface area contributed by atoms with E-state index >= 15 is 0 Å². The van der Waals surface area contributed by atoms with Crippen molar-refractivity contribution in [1.29, 1.82) is 0 Å². The molecule has 2 amide bonds. The predicted molar refractivity (Wildman–Crippen MR) is 83.4 cm³/mol. The van der Waals surface area contributed by atoms with E-state index in [1.54, 1.807) is 11.3 Å². The van der Waals surface area contributed by atoms with Crippen molar-refractivity contribution in [3.63, 3.8) is 0 Å². The highest BCUT2D eigenvalue weighted by Crippen LogP contribution is 2.28. The van der Waals surface area contributed by atoms with Crippen LogP contribution in [0.3, 0.4) is 0 Å². The lowest BCUT2D eigenvalue weighted by Crippen LogP contribution is -2.44. The fraction of sp³-hybridized carbons (Fsp3) is 0.643. The van der Waals surface area contributed by atoms with Crippen molar-refractivity contribution in [3.05, 3.63) is 20.8 Å². The molecule has 0 bridgehead atoms. The maximum atomic E-state index is 11.9. The Hall–Kier alpha value is -0.550. The zero-order valence-electron chi connectivity index (χ0n) is 11.4. The highest BCUT2D eigenvalue weighted by molar-refractivity contribution is 9.10. The lowest BCUT2D eigenvalue weighted by atomic mass is 9.80. The molecule has 1 aliphatic carbocycles. The zero-order valence-corrected chi connectivity index (χ0v) is 13.8. The molecule has 1 aromatic rings. The zero-order chi connectivity index (χ0) is 13.8. The second-order valence-electron chi connectivity index (χ2n) is 5.63. The largest absolute Gasteiger partial charge is 0.335 e. The summed E-state index contributed by atoms with van der Waals surface area (Å²) in [6, 6.07) is 2.28. The van der Waals surface area contributed by atoms with E-state index in [0.29, 0.717) is 24.4 Å². The van der Waals surface area contributed by atoms with E-state index in [1.165, 1.54) is 6.42 Å². The minimum absolute atomic E-state index is 0.0494. The van der Waals surface area contributed by atoms with Crippen LogP contribution in [-0.4, -0.2) is 12.1 Å². The Morgan fingerprint density at radius 2 is 2.05 bits per heavy atom. The Balaban J connectivity index is 1.76. The van der Waals surface area contributed by atoms with Gasteiger partial charge in [-0.15, -0.1) is 11.3 Å².